The number of rotatable bonds is 2. The van der Waals surface area contributed by atoms with E-state index in [1.165, 1.54) is 6.07 Å². The van der Waals surface area contributed by atoms with Crippen molar-refractivity contribution in [3.63, 3.8) is 0 Å². The van der Waals surface area contributed by atoms with Gasteiger partial charge in [0.05, 0.1) is 10.1 Å². The van der Waals surface area contributed by atoms with E-state index in [0.717, 1.165) is 12.8 Å². The predicted octanol–water partition coefficient (Wildman–Crippen LogP) is 2.84. The fraction of sp³-hybridized carbons (Fsp3) is 0.500. The predicted molar refractivity (Wildman–Crippen MR) is 76.3 cm³/mol. The van der Waals surface area contributed by atoms with E-state index in [0.29, 0.717) is 16.6 Å². The number of hydrogen-bond acceptors (Lipinski definition) is 3. The van der Waals surface area contributed by atoms with E-state index in [9.17, 15) is 9.90 Å². The van der Waals surface area contributed by atoms with Gasteiger partial charge in [-0.2, -0.15) is 0 Å². The number of carbonyl (C=O) groups is 1. The average Bonchev–Trinajstić information content (AvgIpc) is 2.31. The van der Waals surface area contributed by atoms with Gasteiger partial charge in [0, 0.05) is 18.2 Å². The molecule has 19 heavy (non-hydrogen) atoms. The highest BCUT2D eigenvalue weighted by molar-refractivity contribution is 9.10. The topological polar surface area (TPSA) is 58.6 Å². The lowest BCUT2D eigenvalue weighted by atomic mass is 9.94. The molecule has 0 radical (unpaired) electrons. The first-order chi connectivity index (χ1) is 8.87. The minimum atomic E-state index is -0.196. The van der Waals surface area contributed by atoms with Crippen molar-refractivity contribution in [2.75, 3.05) is 6.61 Å². The minimum Gasteiger partial charge on any atom is -0.507 e. The molecule has 0 spiro atoms. The molecule has 1 heterocycles. The van der Waals surface area contributed by atoms with E-state index in [4.69, 9.17) is 4.74 Å². The van der Waals surface area contributed by atoms with Crippen LogP contribution < -0.4 is 5.32 Å². The first-order valence-corrected chi connectivity index (χ1v) is 7.10. The second kappa shape index (κ2) is 5.51. The molecule has 0 bridgehead atoms. The quantitative estimate of drug-likeness (QED) is 0.878. The smallest absolute Gasteiger partial charge is 0.251 e. The van der Waals surface area contributed by atoms with Gasteiger partial charge >= 0.3 is 0 Å². The molecular weight excluding hydrogens is 310 g/mol. The highest BCUT2D eigenvalue weighted by atomic mass is 79.9. The molecule has 1 amide bonds. The van der Waals surface area contributed by atoms with Gasteiger partial charge in [-0.15, -0.1) is 0 Å². The van der Waals surface area contributed by atoms with Gasteiger partial charge in [-0.05, 0) is 60.8 Å². The van der Waals surface area contributed by atoms with Gasteiger partial charge in [0.15, 0.2) is 0 Å². The Labute approximate surface area is 121 Å². The van der Waals surface area contributed by atoms with Crippen LogP contribution in [-0.4, -0.2) is 29.3 Å². The number of ether oxygens (including phenoxy) is 1. The lowest BCUT2D eigenvalue weighted by Crippen LogP contribution is -2.45. The average molecular weight is 328 g/mol. The molecular formula is C14H18BrNO3. The van der Waals surface area contributed by atoms with E-state index in [1.807, 2.05) is 13.8 Å². The number of phenols is 1. The molecule has 1 aliphatic heterocycles. The number of halogens is 1. The summed E-state index contributed by atoms with van der Waals surface area (Å²) in [4.78, 5) is 12.1. The molecule has 5 heteroatoms. The summed E-state index contributed by atoms with van der Waals surface area (Å²) in [5.41, 5.74) is 0.267. The number of hydrogen-bond donors (Lipinski definition) is 2. The molecule has 0 aliphatic carbocycles. The molecule has 0 saturated carbocycles. The van der Waals surface area contributed by atoms with Crippen molar-refractivity contribution in [1.82, 2.24) is 5.32 Å². The van der Waals surface area contributed by atoms with E-state index in [1.54, 1.807) is 12.1 Å². The maximum Gasteiger partial charge on any atom is 0.251 e. The van der Waals surface area contributed by atoms with Crippen LogP contribution in [0.25, 0.3) is 0 Å². The van der Waals surface area contributed by atoms with Crippen LogP contribution in [-0.2, 0) is 4.74 Å². The van der Waals surface area contributed by atoms with Crippen LogP contribution in [0.3, 0.4) is 0 Å². The summed E-state index contributed by atoms with van der Waals surface area (Å²) in [6.45, 7) is 4.71. The lowest BCUT2D eigenvalue weighted by Gasteiger charge is -2.35. The molecule has 1 unspecified atom stereocenters. The Hall–Kier alpha value is -1.07. The van der Waals surface area contributed by atoms with Gasteiger partial charge in [0.1, 0.15) is 5.75 Å². The molecule has 104 valence electrons. The maximum atomic E-state index is 12.1. The van der Waals surface area contributed by atoms with Crippen LogP contribution in [0.4, 0.5) is 0 Å². The van der Waals surface area contributed by atoms with Crippen molar-refractivity contribution >= 4 is 21.8 Å². The third-order valence-electron chi connectivity index (χ3n) is 3.24. The maximum absolute atomic E-state index is 12.1. The van der Waals surface area contributed by atoms with Gasteiger partial charge in [0.2, 0.25) is 0 Å². The molecule has 2 rings (SSSR count). The zero-order valence-corrected chi connectivity index (χ0v) is 12.7. The van der Waals surface area contributed by atoms with E-state index < -0.39 is 0 Å². The first kappa shape index (κ1) is 14.3. The summed E-state index contributed by atoms with van der Waals surface area (Å²) >= 11 is 3.19. The summed E-state index contributed by atoms with van der Waals surface area (Å²) in [6.07, 6.45) is 1.61. The highest BCUT2D eigenvalue weighted by Gasteiger charge is 2.29. The zero-order valence-electron chi connectivity index (χ0n) is 11.1. The summed E-state index contributed by atoms with van der Waals surface area (Å²) in [5.74, 6) is -0.0922. The van der Waals surface area contributed by atoms with Crippen LogP contribution in [0, 0.1) is 0 Å². The number of amides is 1. The Morgan fingerprint density at radius 3 is 2.89 bits per heavy atom. The number of nitrogens with one attached hydrogen (secondary N) is 1. The standard InChI is InChI=1S/C14H18BrNO3/c1-14(2)8-10(5-6-19-14)16-13(18)9-3-4-11(15)12(17)7-9/h3-4,7,10,17H,5-6,8H2,1-2H3,(H,16,18). The van der Waals surface area contributed by atoms with E-state index >= 15 is 0 Å². The SMILES string of the molecule is CC1(C)CC(NC(=O)c2ccc(Br)c(O)c2)CCO1. The molecule has 4 nitrogen and oxygen atoms in total. The summed E-state index contributed by atoms with van der Waals surface area (Å²) in [6, 6.07) is 4.92. The molecule has 0 aromatic heterocycles. The van der Waals surface area contributed by atoms with E-state index in [2.05, 4.69) is 21.2 Å². The van der Waals surface area contributed by atoms with Crippen LogP contribution in [0.2, 0.25) is 0 Å². The van der Waals surface area contributed by atoms with E-state index in [-0.39, 0.29) is 23.3 Å². The largest absolute Gasteiger partial charge is 0.507 e. The molecule has 1 aromatic rings. The normalized spacial score (nSPS) is 21.9. The van der Waals surface area contributed by atoms with Gasteiger partial charge in [-0.3, -0.25) is 4.79 Å². The van der Waals surface area contributed by atoms with Gasteiger partial charge in [-0.1, -0.05) is 0 Å². The van der Waals surface area contributed by atoms with Crippen molar-refractivity contribution in [3.05, 3.63) is 28.2 Å². The first-order valence-electron chi connectivity index (χ1n) is 6.31. The van der Waals surface area contributed by atoms with Crippen molar-refractivity contribution in [2.24, 2.45) is 0 Å². The third kappa shape index (κ3) is 3.70. The fourth-order valence-corrected chi connectivity index (χ4v) is 2.52. The number of phenolic OH excluding ortho intramolecular Hbond substituents is 1. The monoisotopic (exact) mass is 327 g/mol. The van der Waals surface area contributed by atoms with Crippen molar-refractivity contribution in [1.29, 1.82) is 0 Å². The Balaban J connectivity index is 2.02. The summed E-state index contributed by atoms with van der Waals surface area (Å²) in [7, 11) is 0. The molecule has 1 aliphatic rings. The number of aromatic hydroxyl groups is 1. The van der Waals surface area contributed by atoms with Crippen LogP contribution in [0.1, 0.15) is 37.0 Å². The number of benzene rings is 1. The second-order valence-electron chi connectivity index (χ2n) is 5.44. The Kier molecular flexibility index (Phi) is 4.16. The molecule has 2 N–H and O–H groups in total. The summed E-state index contributed by atoms with van der Waals surface area (Å²) < 4.78 is 6.20. The second-order valence-corrected chi connectivity index (χ2v) is 6.29. The van der Waals surface area contributed by atoms with Gasteiger partial charge in [0.25, 0.3) is 5.91 Å². The Morgan fingerprint density at radius 2 is 2.26 bits per heavy atom. The summed E-state index contributed by atoms with van der Waals surface area (Å²) in [5, 5.41) is 12.6. The number of carbonyl (C=O) groups excluding carboxylic acids is 1. The molecule has 1 fully saturated rings. The minimum absolute atomic E-state index is 0.0694. The van der Waals surface area contributed by atoms with Crippen molar-refractivity contribution < 1.29 is 14.6 Å². The van der Waals surface area contributed by atoms with Crippen LogP contribution in [0.5, 0.6) is 5.75 Å². The zero-order chi connectivity index (χ0) is 14.0. The highest BCUT2D eigenvalue weighted by Crippen LogP contribution is 2.26. The lowest BCUT2D eigenvalue weighted by molar-refractivity contribution is -0.0615. The Morgan fingerprint density at radius 1 is 1.53 bits per heavy atom. The molecule has 1 atom stereocenters. The third-order valence-corrected chi connectivity index (χ3v) is 3.91. The Bertz CT molecular complexity index is 488. The van der Waals surface area contributed by atoms with Crippen LogP contribution in [0.15, 0.2) is 22.7 Å². The molecule has 1 aromatic carbocycles. The molecule has 1 saturated heterocycles. The van der Waals surface area contributed by atoms with Gasteiger partial charge in [-0.25, -0.2) is 0 Å². The fourth-order valence-electron chi connectivity index (χ4n) is 2.28. The van der Waals surface area contributed by atoms with Crippen LogP contribution >= 0.6 is 15.9 Å². The van der Waals surface area contributed by atoms with Gasteiger partial charge < -0.3 is 15.2 Å². The van der Waals surface area contributed by atoms with Crippen molar-refractivity contribution in [2.45, 2.75) is 38.3 Å². The van der Waals surface area contributed by atoms with Crippen molar-refractivity contribution in [3.8, 4) is 5.75 Å².